The SMILES string of the molecule is CC(O)=CC(=O)CCCCCCCCc1cccc2c(-c3[c-]cccc3)nccc12.CCC(CC)C(=O)C=C(O)C(CC)CC.Cc1[c-]c(-c2nccc3ccccc23)cc(CCOCCOCCc2cc(C)[c-]c(-c3nccc4ccccc34)c2)c1.[Ir].[Ir].[c-]1ccccc1-c1nccc2ccccc12. The number of aromatic nitrogens is 4. The third kappa shape index (κ3) is 25.4. The van der Waals surface area contributed by atoms with E-state index >= 15 is 0 Å². The maximum absolute atomic E-state index is 11.7. The number of ether oxygens (including phenoxy) is 2. The Bertz CT molecular complexity index is 4570. The van der Waals surface area contributed by atoms with Crippen molar-refractivity contribution >= 4 is 54.7 Å². The Labute approximate surface area is 649 Å². The molecule has 0 amide bonds. The molecule has 10 nitrogen and oxygen atoms in total. The Morgan fingerprint density at radius 2 is 0.848 bits per heavy atom. The summed E-state index contributed by atoms with van der Waals surface area (Å²) in [7, 11) is 0. The predicted octanol–water partition coefficient (Wildman–Crippen LogP) is 22.7. The normalized spacial score (nSPS) is 11.3. The smallest absolute Gasteiger partial charge is 0.162 e. The molecule has 12 rings (SSSR count). The van der Waals surface area contributed by atoms with Gasteiger partial charge in [0.25, 0.3) is 0 Å². The van der Waals surface area contributed by atoms with Crippen LogP contribution < -0.4 is 0 Å². The van der Waals surface area contributed by atoms with E-state index in [1.807, 2.05) is 125 Å². The van der Waals surface area contributed by atoms with Crippen molar-refractivity contribution in [2.24, 2.45) is 11.8 Å². The number of pyridine rings is 4. The summed E-state index contributed by atoms with van der Waals surface area (Å²) in [5, 5.41) is 28.4. The van der Waals surface area contributed by atoms with E-state index in [0.29, 0.717) is 32.8 Å². The summed E-state index contributed by atoms with van der Waals surface area (Å²) in [6, 6.07) is 77.9. The fourth-order valence-corrected chi connectivity index (χ4v) is 13.0. The zero-order valence-corrected chi connectivity index (χ0v) is 66.5. The topological polar surface area (TPSA) is 145 Å². The number of carbonyl (C=O) groups is 2. The molecule has 0 aliphatic rings. The van der Waals surface area contributed by atoms with Gasteiger partial charge in [0.05, 0.1) is 24.7 Å². The Kier molecular flexibility index (Phi) is 35.5. The summed E-state index contributed by atoms with van der Waals surface area (Å²) in [4.78, 5) is 41.6. The number of aliphatic hydroxyl groups is 2. The number of rotatable bonds is 30. The van der Waals surface area contributed by atoms with Gasteiger partial charge in [0.2, 0.25) is 0 Å². The fraction of sp³-hybridized carbons (Fsp3) is 0.290. The van der Waals surface area contributed by atoms with Crippen LogP contribution in [0.1, 0.15) is 133 Å². The van der Waals surface area contributed by atoms with Crippen LogP contribution in [0.25, 0.3) is 88.1 Å². The van der Waals surface area contributed by atoms with Gasteiger partial charge in [-0.15, -0.1) is 142 Å². The molecule has 4 heterocycles. The number of carbonyl (C=O) groups excluding carboxylic acids is 2. The molecule has 0 spiro atoms. The molecule has 12 heteroatoms. The summed E-state index contributed by atoms with van der Waals surface area (Å²) in [6.07, 6.45) is 23.7. The van der Waals surface area contributed by atoms with Crippen LogP contribution in [0, 0.1) is 49.9 Å². The Morgan fingerprint density at radius 3 is 1.30 bits per heavy atom. The van der Waals surface area contributed by atoms with Crippen molar-refractivity contribution < 1.29 is 69.5 Å². The minimum absolute atomic E-state index is 0. The molecule has 0 unspecified atom stereocenters. The van der Waals surface area contributed by atoms with Crippen molar-refractivity contribution in [1.29, 1.82) is 0 Å². The molecule has 8 aromatic carbocycles. The largest absolute Gasteiger partial charge is 0.512 e. The van der Waals surface area contributed by atoms with Crippen molar-refractivity contribution in [3.63, 3.8) is 0 Å². The van der Waals surface area contributed by atoms with Crippen molar-refractivity contribution in [3.05, 3.63) is 289 Å². The second-order valence-corrected chi connectivity index (χ2v) is 26.1. The number of nitrogens with zero attached hydrogens (tertiary/aromatic N) is 4. The summed E-state index contributed by atoms with van der Waals surface area (Å²) in [5.74, 6) is 0.664. The maximum atomic E-state index is 11.7. The quantitative estimate of drug-likeness (QED) is 0.0193. The van der Waals surface area contributed by atoms with E-state index in [-0.39, 0.29) is 75.1 Å². The van der Waals surface area contributed by atoms with Crippen LogP contribution in [0.2, 0.25) is 0 Å². The number of aryl methyl sites for hydroxylation is 3. The molecule has 0 aliphatic carbocycles. The number of ketones is 2. The van der Waals surface area contributed by atoms with Gasteiger partial charge in [-0.05, 0) is 160 Å². The number of fused-ring (bicyclic) bond motifs is 4. The van der Waals surface area contributed by atoms with E-state index in [1.54, 1.807) is 0 Å². The number of allylic oxidation sites excluding steroid dienone is 4. The van der Waals surface area contributed by atoms with E-state index in [1.165, 1.54) is 87.3 Å². The molecule has 0 saturated carbocycles. The molecular formula is C93H98Ir2N4O6-4. The second kappa shape index (κ2) is 44.8. The molecule has 0 bridgehead atoms. The summed E-state index contributed by atoms with van der Waals surface area (Å²) in [5.41, 5.74) is 14.1. The Balaban J connectivity index is 0.000000212. The second-order valence-electron chi connectivity index (χ2n) is 26.1. The van der Waals surface area contributed by atoms with Gasteiger partial charge < -0.3 is 39.6 Å². The number of benzene rings is 8. The first-order valence-corrected chi connectivity index (χ1v) is 36.7. The molecule has 0 saturated heterocycles. The first-order valence-electron chi connectivity index (χ1n) is 36.7. The third-order valence-electron chi connectivity index (χ3n) is 18.5. The molecule has 2 radical (unpaired) electrons. The molecule has 105 heavy (non-hydrogen) atoms. The van der Waals surface area contributed by atoms with Crippen molar-refractivity contribution in [1.82, 2.24) is 19.9 Å². The van der Waals surface area contributed by atoms with Crippen LogP contribution >= 0.6 is 0 Å². The van der Waals surface area contributed by atoms with Crippen LogP contribution in [0.4, 0.5) is 0 Å². The van der Waals surface area contributed by atoms with E-state index < -0.39 is 0 Å². The standard InChI is InChI=1S/C38H34N2O2.C27H30NO2.C15H10N.C13H24O2.2Ir/c1-27-21-29(25-33(23-27)37-35-9-5-3-7-31(35)11-15-39-37)13-17-41-19-20-42-18-14-30-22-28(2)24-34(26-30)38-36-10-6-4-8-32(36)12-16-40-38;1-21(29)20-24(30)16-10-5-3-2-4-7-12-22-15-11-17-26-25(22)18-19-28-27(26)23-13-8-6-9-14-23;1-2-7-13(8-3-1)15-14-9-5-4-6-12(14)10-11-16-15;1-5-10(6-2)12(14)9-13(15)11(7-3)8-4;;/h3-12,15-16,21-22,25-26H,13-14,17-20H2,1-2H3;6,8-9,11,13,15,17-20,29H,2-5,7,10,12,16H2,1H3;1-7,9-11H;9-11,14H,5-8H2,1-4H3;;/q-2;2*-1;;;. The molecule has 2 N–H and O–H groups in total. The number of hydrogen-bond acceptors (Lipinski definition) is 10. The van der Waals surface area contributed by atoms with Crippen LogP contribution in [-0.4, -0.2) is 68.1 Å². The molecular weight excluding hydrogens is 1650 g/mol. The van der Waals surface area contributed by atoms with E-state index in [4.69, 9.17) is 14.6 Å². The predicted molar refractivity (Wildman–Crippen MR) is 424 cm³/mol. The summed E-state index contributed by atoms with van der Waals surface area (Å²) < 4.78 is 11.8. The summed E-state index contributed by atoms with van der Waals surface area (Å²) >= 11 is 0. The zero-order valence-electron chi connectivity index (χ0n) is 61.7. The fourth-order valence-electron chi connectivity index (χ4n) is 13.0. The van der Waals surface area contributed by atoms with E-state index in [0.717, 1.165) is 131 Å². The van der Waals surface area contributed by atoms with Gasteiger partial charge in [-0.3, -0.25) is 9.59 Å². The minimum Gasteiger partial charge on any atom is -0.512 e. The van der Waals surface area contributed by atoms with Gasteiger partial charge in [-0.2, -0.15) is 0 Å². The van der Waals surface area contributed by atoms with E-state index in [2.05, 4.69) is 173 Å². The van der Waals surface area contributed by atoms with Crippen LogP contribution in [-0.2, 0) is 78.5 Å². The van der Waals surface area contributed by atoms with Gasteiger partial charge in [0.15, 0.2) is 11.6 Å². The maximum Gasteiger partial charge on any atom is 0.162 e. The monoisotopic (exact) mass is 1750 g/mol. The molecule has 0 atom stereocenters. The molecule has 0 aliphatic heterocycles. The molecule has 548 valence electrons. The Hall–Kier alpha value is -8.96. The third-order valence-corrected chi connectivity index (χ3v) is 18.5. The van der Waals surface area contributed by atoms with Crippen LogP contribution in [0.5, 0.6) is 0 Å². The van der Waals surface area contributed by atoms with Crippen LogP contribution in [0.15, 0.2) is 237 Å². The first kappa shape index (κ1) is 83.3. The zero-order chi connectivity index (χ0) is 72.6. The summed E-state index contributed by atoms with van der Waals surface area (Å²) in [6.45, 7) is 16.2. The van der Waals surface area contributed by atoms with E-state index in [9.17, 15) is 14.7 Å². The molecule has 0 fully saturated rings. The number of hydrogen-bond donors (Lipinski definition) is 2. The van der Waals surface area contributed by atoms with Gasteiger partial charge in [0.1, 0.15) is 0 Å². The van der Waals surface area contributed by atoms with Gasteiger partial charge in [-0.25, -0.2) is 0 Å². The van der Waals surface area contributed by atoms with Crippen molar-refractivity contribution in [2.75, 3.05) is 26.4 Å². The minimum atomic E-state index is 0. The number of unbranched alkanes of at least 4 members (excludes halogenated alkanes) is 5. The average molecular weight is 1750 g/mol. The molecule has 12 aromatic rings. The van der Waals surface area contributed by atoms with Gasteiger partial charge in [0, 0.05) is 109 Å². The van der Waals surface area contributed by atoms with Crippen molar-refractivity contribution in [3.8, 4) is 45.0 Å². The number of aliphatic hydroxyl groups excluding tert-OH is 2. The van der Waals surface area contributed by atoms with Gasteiger partial charge in [-0.1, -0.05) is 158 Å². The van der Waals surface area contributed by atoms with Crippen LogP contribution in [0.3, 0.4) is 0 Å². The average Bonchev–Trinajstić information content (AvgIpc) is 0.773. The first-order chi connectivity index (χ1) is 50.3. The Morgan fingerprint density at radius 1 is 0.429 bits per heavy atom. The molecule has 4 aromatic heterocycles. The van der Waals surface area contributed by atoms with Gasteiger partial charge >= 0.3 is 0 Å². The van der Waals surface area contributed by atoms with Crippen molar-refractivity contribution in [2.45, 2.75) is 138 Å².